The number of aromatic carboxylic acids is 1. The number of aryl methyl sites for hydroxylation is 1. The summed E-state index contributed by atoms with van der Waals surface area (Å²) in [7, 11) is 0. The Balaban J connectivity index is 2.35. The molecule has 2 rings (SSSR count). The second-order valence-electron chi connectivity index (χ2n) is 3.95. The third-order valence-corrected chi connectivity index (χ3v) is 2.59. The van der Waals surface area contributed by atoms with Crippen LogP contribution in [-0.2, 0) is 0 Å². The van der Waals surface area contributed by atoms with E-state index in [4.69, 9.17) is 9.84 Å². The number of carboxylic acids is 1. The van der Waals surface area contributed by atoms with Crippen LogP contribution in [0.4, 0.5) is 0 Å². The monoisotopic (exact) mass is 243 g/mol. The molecule has 0 atom stereocenters. The van der Waals surface area contributed by atoms with E-state index in [1.165, 1.54) is 0 Å². The lowest BCUT2D eigenvalue weighted by Gasteiger charge is -2.09. The zero-order chi connectivity index (χ0) is 13.1. The molecule has 0 bridgehead atoms. The zero-order valence-electron chi connectivity index (χ0n) is 10.2. The molecule has 1 N–H and O–H groups in total. The Bertz CT molecular complexity index is 593. The summed E-state index contributed by atoms with van der Waals surface area (Å²) in [5.74, 6) is 0.00351. The van der Waals surface area contributed by atoms with E-state index in [0.717, 1.165) is 5.69 Å². The average Bonchev–Trinajstić information content (AvgIpc) is 2.31. The highest BCUT2D eigenvalue weighted by Gasteiger charge is 2.11. The molecule has 4 heteroatoms. The van der Waals surface area contributed by atoms with Crippen molar-refractivity contribution in [3.8, 4) is 11.6 Å². The molecule has 4 nitrogen and oxygen atoms in total. The summed E-state index contributed by atoms with van der Waals surface area (Å²) in [6.45, 7) is 3.59. The molecule has 0 unspecified atom stereocenters. The van der Waals surface area contributed by atoms with Crippen LogP contribution in [0.2, 0.25) is 0 Å². The predicted molar refractivity (Wildman–Crippen MR) is 67.2 cm³/mol. The molecule has 0 amide bonds. The van der Waals surface area contributed by atoms with E-state index in [-0.39, 0.29) is 5.56 Å². The number of carboxylic acid groups (broad SMARTS) is 1. The first-order valence-electron chi connectivity index (χ1n) is 5.52. The molecule has 0 aliphatic rings. The lowest BCUT2D eigenvalue weighted by molar-refractivity contribution is 0.0695. The van der Waals surface area contributed by atoms with E-state index in [0.29, 0.717) is 17.2 Å². The van der Waals surface area contributed by atoms with E-state index in [9.17, 15) is 4.79 Å². The summed E-state index contributed by atoms with van der Waals surface area (Å²) in [5, 5.41) is 9.03. The van der Waals surface area contributed by atoms with Crippen molar-refractivity contribution in [3.05, 3.63) is 53.2 Å². The second-order valence-corrected chi connectivity index (χ2v) is 3.95. The number of hydrogen-bond donors (Lipinski definition) is 1. The number of carbonyl (C=O) groups is 1. The van der Waals surface area contributed by atoms with Crippen LogP contribution < -0.4 is 4.74 Å². The third kappa shape index (κ3) is 2.48. The first kappa shape index (κ1) is 12.1. The molecular formula is C14H13NO3. The molecule has 2 aromatic rings. The van der Waals surface area contributed by atoms with Crippen LogP contribution >= 0.6 is 0 Å². The molecule has 0 aliphatic heterocycles. The van der Waals surface area contributed by atoms with Gasteiger partial charge < -0.3 is 9.84 Å². The van der Waals surface area contributed by atoms with Crippen LogP contribution in [0.15, 0.2) is 36.4 Å². The van der Waals surface area contributed by atoms with Crippen LogP contribution in [0, 0.1) is 13.8 Å². The summed E-state index contributed by atoms with van der Waals surface area (Å²) in [6, 6.07) is 10.4. The maximum atomic E-state index is 11.0. The maximum Gasteiger partial charge on any atom is 0.336 e. The van der Waals surface area contributed by atoms with Gasteiger partial charge >= 0.3 is 5.97 Å². The topological polar surface area (TPSA) is 59.4 Å². The fourth-order valence-electron chi connectivity index (χ4n) is 1.64. The first-order chi connectivity index (χ1) is 8.58. The maximum absolute atomic E-state index is 11.0. The minimum Gasteiger partial charge on any atom is -0.478 e. The van der Waals surface area contributed by atoms with Gasteiger partial charge in [-0.15, -0.1) is 0 Å². The van der Waals surface area contributed by atoms with E-state index in [2.05, 4.69) is 4.98 Å². The number of aromatic nitrogens is 1. The zero-order valence-corrected chi connectivity index (χ0v) is 10.2. The van der Waals surface area contributed by atoms with Crippen LogP contribution in [-0.4, -0.2) is 16.1 Å². The molecule has 1 aromatic carbocycles. The summed E-state index contributed by atoms with van der Waals surface area (Å²) >= 11 is 0. The highest BCUT2D eigenvalue weighted by molar-refractivity contribution is 5.90. The Morgan fingerprint density at radius 3 is 2.56 bits per heavy atom. The van der Waals surface area contributed by atoms with E-state index in [1.54, 1.807) is 31.2 Å². The molecule has 92 valence electrons. The predicted octanol–water partition coefficient (Wildman–Crippen LogP) is 3.19. The van der Waals surface area contributed by atoms with Crippen LogP contribution in [0.1, 0.15) is 21.6 Å². The SMILES string of the molecule is Cc1cccc(Oc2cccc(C(=O)O)c2C)n1. The van der Waals surface area contributed by atoms with Crippen molar-refractivity contribution in [2.75, 3.05) is 0 Å². The minimum atomic E-state index is -0.963. The summed E-state index contributed by atoms with van der Waals surface area (Å²) in [5.41, 5.74) is 1.67. The smallest absolute Gasteiger partial charge is 0.336 e. The fourth-order valence-corrected chi connectivity index (χ4v) is 1.64. The van der Waals surface area contributed by atoms with Crippen molar-refractivity contribution in [3.63, 3.8) is 0 Å². The lowest BCUT2D eigenvalue weighted by Crippen LogP contribution is -2.01. The summed E-state index contributed by atoms with van der Waals surface area (Å²) in [6.07, 6.45) is 0. The van der Waals surface area contributed by atoms with Crippen molar-refractivity contribution in [2.24, 2.45) is 0 Å². The van der Waals surface area contributed by atoms with Gasteiger partial charge in [0.1, 0.15) is 5.75 Å². The Morgan fingerprint density at radius 2 is 1.89 bits per heavy atom. The molecule has 18 heavy (non-hydrogen) atoms. The summed E-state index contributed by atoms with van der Waals surface area (Å²) in [4.78, 5) is 15.2. The van der Waals surface area contributed by atoms with Gasteiger partial charge in [-0.1, -0.05) is 12.1 Å². The number of nitrogens with zero attached hydrogens (tertiary/aromatic N) is 1. The van der Waals surface area contributed by atoms with Crippen molar-refractivity contribution in [1.29, 1.82) is 0 Å². The Morgan fingerprint density at radius 1 is 1.17 bits per heavy atom. The van der Waals surface area contributed by atoms with Gasteiger partial charge in [-0.3, -0.25) is 0 Å². The minimum absolute atomic E-state index is 0.236. The van der Waals surface area contributed by atoms with Crippen LogP contribution in [0.25, 0.3) is 0 Å². The Kier molecular flexibility index (Phi) is 3.28. The lowest BCUT2D eigenvalue weighted by atomic mass is 10.1. The number of benzene rings is 1. The Labute approximate surface area is 105 Å². The number of ether oxygens (including phenoxy) is 1. The largest absolute Gasteiger partial charge is 0.478 e. The number of pyridine rings is 1. The van der Waals surface area contributed by atoms with Gasteiger partial charge in [0.15, 0.2) is 0 Å². The van der Waals surface area contributed by atoms with Crippen LogP contribution in [0.5, 0.6) is 11.6 Å². The molecule has 1 heterocycles. The quantitative estimate of drug-likeness (QED) is 0.899. The standard InChI is InChI=1S/C14H13NO3/c1-9-5-3-8-13(15-9)18-12-7-4-6-11(10(12)2)14(16)17/h3-8H,1-2H3,(H,16,17). The third-order valence-electron chi connectivity index (χ3n) is 2.59. The van der Waals surface area contributed by atoms with Gasteiger partial charge in [0.05, 0.1) is 5.56 Å². The molecule has 0 saturated heterocycles. The van der Waals surface area contributed by atoms with Gasteiger partial charge in [-0.05, 0) is 32.0 Å². The van der Waals surface area contributed by atoms with Crippen LogP contribution in [0.3, 0.4) is 0 Å². The highest BCUT2D eigenvalue weighted by atomic mass is 16.5. The van der Waals surface area contributed by atoms with Crippen molar-refractivity contribution in [1.82, 2.24) is 4.98 Å². The van der Waals surface area contributed by atoms with E-state index >= 15 is 0 Å². The van der Waals surface area contributed by atoms with Gasteiger partial charge in [0, 0.05) is 17.3 Å². The highest BCUT2D eigenvalue weighted by Crippen LogP contribution is 2.26. The number of rotatable bonds is 3. The molecule has 0 aliphatic carbocycles. The molecular weight excluding hydrogens is 230 g/mol. The van der Waals surface area contributed by atoms with E-state index in [1.807, 2.05) is 19.1 Å². The normalized spacial score (nSPS) is 10.1. The molecule has 0 fully saturated rings. The van der Waals surface area contributed by atoms with Gasteiger partial charge in [-0.2, -0.15) is 0 Å². The van der Waals surface area contributed by atoms with Gasteiger partial charge in [0.2, 0.25) is 5.88 Å². The first-order valence-corrected chi connectivity index (χ1v) is 5.52. The van der Waals surface area contributed by atoms with Crippen molar-refractivity contribution in [2.45, 2.75) is 13.8 Å². The molecule has 1 aromatic heterocycles. The van der Waals surface area contributed by atoms with Gasteiger partial charge in [-0.25, -0.2) is 9.78 Å². The van der Waals surface area contributed by atoms with Crippen molar-refractivity contribution >= 4 is 5.97 Å². The Hall–Kier alpha value is -2.36. The molecule has 0 spiro atoms. The average molecular weight is 243 g/mol. The number of hydrogen-bond acceptors (Lipinski definition) is 3. The molecule has 0 saturated carbocycles. The molecule has 0 radical (unpaired) electrons. The fraction of sp³-hybridized carbons (Fsp3) is 0.143. The van der Waals surface area contributed by atoms with Gasteiger partial charge in [0.25, 0.3) is 0 Å². The van der Waals surface area contributed by atoms with E-state index < -0.39 is 5.97 Å². The second kappa shape index (κ2) is 4.87. The van der Waals surface area contributed by atoms with Crippen molar-refractivity contribution < 1.29 is 14.6 Å². The summed E-state index contributed by atoms with van der Waals surface area (Å²) < 4.78 is 5.61.